The number of aromatic nitrogens is 1. The molecule has 2 rings (SSSR count). The molecule has 1 heterocycles. The number of H-pyrrole nitrogens is 1. The van der Waals surface area contributed by atoms with Crippen LogP contribution in [0.1, 0.15) is 28.9 Å². The van der Waals surface area contributed by atoms with Crippen LogP contribution in [0.5, 0.6) is 0 Å². The Hall–Kier alpha value is -1.94. The van der Waals surface area contributed by atoms with E-state index in [-0.39, 0.29) is 11.9 Å². The maximum atomic E-state index is 12.1. The SMILES string of the molecule is CC(NC(=O)c1ccc[nH]c1=S)c1ccccc1. The van der Waals surface area contributed by atoms with E-state index >= 15 is 0 Å². The number of hydrogen-bond donors (Lipinski definition) is 2. The van der Waals surface area contributed by atoms with Crippen molar-refractivity contribution in [3.8, 4) is 0 Å². The monoisotopic (exact) mass is 258 g/mol. The number of hydrogen-bond acceptors (Lipinski definition) is 2. The van der Waals surface area contributed by atoms with Gasteiger partial charge < -0.3 is 10.3 Å². The zero-order chi connectivity index (χ0) is 13.0. The number of rotatable bonds is 3. The summed E-state index contributed by atoms with van der Waals surface area (Å²) in [4.78, 5) is 14.9. The lowest BCUT2D eigenvalue weighted by Crippen LogP contribution is -2.27. The first-order valence-electron chi connectivity index (χ1n) is 5.72. The first-order chi connectivity index (χ1) is 8.68. The molecule has 0 aliphatic carbocycles. The second kappa shape index (κ2) is 5.60. The smallest absolute Gasteiger partial charge is 0.254 e. The first-order valence-corrected chi connectivity index (χ1v) is 6.13. The van der Waals surface area contributed by atoms with Gasteiger partial charge in [0.1, 0.15) is 4.64 Å². The number of carbonyl (C=O) groups excluding carboxylic acids is 1. The summed E-state index contributed by atoms with van der Waals surface area (Å²) in [6, 6.07) is 13.2. The Bertz CT molecular complexity index is 592. The highest BCUT2D eigenvalue weighted by Crippen LogP contribution is 2.12. The molecule has 0 aliphatic rings. The summed E-state index contributed by atoms with van der Waals surface area (Å²) < 4.78 is 0.454. The molecular formula is C14H14N2OS. The van der Waals surface area contributed by atoms with Gasteiger partial charge >= 0.3 is 0 Å². The molecule has 0 saturated carbocycles. The molecule has 3 nitrogen and oxygen atoms in total. The van der Waals surface area contributed by atoms with E-state index in [4.69, 9.17) is 12.2 Å². The Morgan fingerprint density at radius 2 is 1.94 bits per heavy atom. The summed E-state index contributed by atoms with van der Waals surface area (Å²) in [5, 5.41) is 2.93. The van der Waals surface area contributed by atoms with Gasteiger partial charge in [0, 0.05) is 6.20 Å². The lowest BCUT2D eigenvalue weighted by molar-refractivity contribution is 0.0939. The van der Waals surface area contributed by atoms with Crippen LogP contribution in [-0.4, -0.2) is 10.9 Å². The molecule has 4 heteroatoms. The Morgan fingerprint density at radius 1 is 1.22 bits per heavy atom. The third-order valence-corrected chi connectivity index (χ3v) is 3.05. The molecule has 0 fully saturated rings. The van der Waals surface area contributed by atoms with Crippen LogP contribution in [0.15, 0.2) is 48.7 Å². The van der Waals surface area contributed by atoms with E-state index in [1.807, 2.05) is 37.3 Å². The van der Waals surface area contributed by atoms with Gasteiger partial charge in [0.15, 0.2) is 0 Å². The quantitative estimate of drug-likeness (QED) is 0.830. The van der Waals surface area contributed by atoms with Gasteiger partial charge in [0.05, 0.1) is 11.6 Å². The highest BCUT2D eigenvalue weighted by atomic mass is 32.1. The predicted octanol–water partition coefficient (Wildman–Crippen LogP) is 3.24. The molecule has 1 aromatic carbocycles. The van der Waals surface area contributed by atoms with Gasteiger partial charge in [-0.15, -0.1) is 0 Å². The standard InChI is InChI=1S/C14H14N2OS/c1-10(11-6-3-2-4-7-11)16-13(17)12-8-5-9-15-14(12)18/h2-10H,1H3,(H,15,18)(H,16,17). The lowest BCUT2D eigenvalue weighted by atomic mass is 10.1. The molecule has 0 saturated heterocycles. The zero-order valence-electron chi connectivity index (χ0n) is 10.0. The number of aromatic amines is 1. The Balaban J connectivity index is 2.14. The molecule has 2 N–H and O–H groups in total. The van der Waals surface area contributed by atoms with E-state index in [1.165, 1.54) is 0 Å². The van der Waals surface area contributed by atoms with Gasteiger partial charge in [-0.3, -0.25) is 4.79 Å². The second-order valence-electron chi connectivity index (χ2n) is 4.02. The largest absolute Gasteiger partial charge is 0.352 e. The summed E-state index contributed by atoms with van der Waals surface area (Å²) >= 11 is 5.08. The van der Waals surface area contributed by atoms with E-state index < -0.39 is 0 Å². The van der Waals surface area contributed by atoms with E-state index in [0.29, 0.717) is 10.2 Å². The molecular weight excluding hydrogens is 244 g/mol. The molecule has 18 heavy (non-hydrogen) atoms. The van der Waals surface area contributed by atoms with Crippen LogP contribution in [-0.2, 0) is 0 Å². The molecule has 1 atom stereocenters. The molecule has 1 unspecified atom stereocenters. The fraction of sp³-hybridized carbons (Fsp3) is 0.143. The minimum absolute atomic E-state index is 0.0479. The summed E-state index contributed by atoms with van der Waals surface area (Å²) in [6.07, 6.45) is 1.71. The summed E-state index contributed by atoms with van der Waals surface area (Å²) in [6.45, 7) is 1.95. The lowest BCUT2D eigenvalue weighted by Gasteiger charge is -2.14. The van der Waals surface area contributed by atoms with Crippen molar-refractivity contribution >= 4 is 18.1 Å². The maximum absolute atomic E-state index is 12.1. The van der Waals surface area contributed by atoms with Gasteiger partial charge in [0.25, 0.3) is 5.91 Å². The summed E-state index contributed by atoms with van der Waals surface area (Å²) in [5.74, 6) is -0.159. The zero-order valence-corrected chi connectivity index (χ0v) is 10.8. The summed E-state index contributed by atoms with van der Waals surface area (Å²) in [5.41, 5.74) is 1.56. The topological polar surface area (TPSA) is 44.9 Å². The van der Waals surface area contributed by atoms with Crippen LogP contribution < -0.4 is 5.32 Å². The molecule has 1 aromatic heterocycles. The van der Waals surface area contributed by atoms with Gasteiger partial charge in [-0.05, 0) is 24.6 Å². The molecule has 0 radical (unpaired) electrons. The van der Waals surface area contributed by atoms with Crippen molar-refractivity contribution in [2.45, 2.75) is 13.0 Å². The predicted molar refractivity (Wildman–Crippen MR) is 73.9 cm³/mol. The van der Waals surface area contributed by atoms with Crippen molar-refractivity contribution in [3.05, 3.63) is 64.4 Å². The van der Waals surface area contributed by atoms with Crippen molar-refractivity contribution in [1.29, 1.82) is 0 Å². The highest BCUT2D eigenvalue weighted by molar-refractivity contribution is 7.71. The van der Waals surface area contributed by atoms with Crippen molar-refractivity contribution in [2.24, 2.45) is 0 Å². The molecule has 0 aliphatic heterocycles. The van der Waals surface area contributed by atoms with Gasteiger partial charge in [0.2, 0.25) is 0 Å². The summed E-state index contributed by atoms with van der Waals surface area (Å²) in [7, 11) is 0. The average molecular weight is 258 g/mol. The van der Waals surface area contributed by atoms with E-state index in [0.717, 1.165) is 5.56 Å². The fourth-order valence-corrected chi connectivity index (χ4v) is 1.93. The van der Waals surface area contributed by atoms with Crippen molar-refractivity contribution in [2.75, 3.05) is 0 Å². The third-order valence-electron chi connectivity index (χ3n) is 2.71. The number of benzene rings is 1. The molecule has 1 amide bonds. The van der Waals surface area contributed by atoms with Gasteiger partial charge in [-0.2, -0.15) is 0 Å². The van der Waals surface area contributed by atoms with Crippen LogP contribution in [0.25, 0.3) is 0 Å². The first kappa shape index (κ1) is 12.5. The molecule has 0 spiro atoms. The molecule has 92 valence electrons. The maximum Gasteiger partial charge on any atom is 0.254 e. The number of carbonyl (C=O) groups is 1. The minimum Gasteiger partial charge on any atom is -0.352 e. The van der Waals surface area contributed by atoms with E-state index in [1.54, 1.807) is 18.3 Å². The molecule has 0 bridgehead atoms. The Labute approximate surface area is 111 Å². The van der Waals surface area contributed by atoms with Crippen molar-refractivity contribution in [3.63, 3.8) is 0 Å². The number of nitrogens with one attached hydrogen (secondary N) is 2. The van der Waals surface area contributed by atoms with Crippen LogP contribution in [0.4, 0.5) is 0 Å². The minimum atomic E-state index is -0.159. The highest BCUT2D eigenvalue weighted by Gasteiger charge is 2.11. The third kappa shape index (κ3) is 2.84. The van der Waals surface area contributed by atoms with Crippen LogP contribution in [0.3, 0.4) is 0 Å². The van der Waals surface area contributed by atoms with Crippen molar-refractivity contribution in [1.82, 2.24) is 10.3 Å². The normalized spacial score (nSPS) is 11.8. The van der Waals surface area contributed by atoms with Crippen LogP contribution >= 0.6 is 12.2 Å². The van der Waals surface area contributed by atoms with Crippen molar-refractivity contribution < 1.29 is 4.79 Å². The van der Waals surface area contributed by atoms with E-state index in [2.05, 4.69) is 10.3 Å². The Morgan fingerprint density at radius 3 is 2.61 bits per heavy atom. The van der Waals surface area contributed by atoms with Gasteiger partial charge in [-0.1, -0.05) is 42.5 Å². The average Bonchev–Trinajstić information content (AvgIpc) is 2.40. The van der Waals surface area contributed by atoms with Crippen LogP contribution in [0.2, 0.25) is 0 Å². The fourth-order valence-electron chi connectivity index (χ4n) is 1.70. The number of amides is 1. The van der Waals surface area contributed by atoms with E-state index in [9.17, 15) is 4.79 Å². The van der Waals surface area contributed by atoms with Gasteiger partial charge in [-0.25, -0.2) is 0 Å². The second-order valence-corrected chi connectivity index (χ2v) is 4.43. The number of pyridine rings is 1. The Kier molecular flexibility index (Phi) is 3.89. The molecule has 2 aromatic rings. The van der Waals surface area contributed by atoms with Crippen LogP contribution in [0, 0.1) is 4.64 Å².